The van der Waals surface area contributed by atoms with Crippen LogP contribution in [0.3, 0.4) is 0 Å². The number of urea groups is 1. The quantitative estimate of drug-likeness (QED) is 0.774. The molecule has 1 heterocycles. The van der Waals surface area contributed by atoms with Crippen molar-refractivity contribution in [2.24, 2.45) is 17.8 Å². The highest BCUT2D eigenvalue weighted by atomic mass is 16.3. The zero-order valence-electron chi connectivity index (χ0n) is 10.7. The van der Waals surface area contributed by atoms with Crippen LogP contribution in [-0.4, -0.2) is 28.8 Å². The van der Waals surface area contributed by atoms with E-state index in [0.29, 0.717) is 17.5 Å². The standard InChI is InChI=1S/C14H19N3O2/c18-8-12-9-3-4-10(6-9)13(12)17-14(19)16-11-2-1-5-15-7-11/h1-2,5,7,9-10,12-13,18H,3-4,6,8H2,(H2,16,17,19)/t9-,10-,12-,13-/m0/s1. The van der Waals surface area contributed by atoms with Crippen LogP contribution in [0.4, 0.5) is 10.5 Å². The molecule has 102 valence electrons. The van der Waals surface area contributed by atoms with Gasteiger partial charge in [0.25, 0.3) is 0 Å². The molecule has 4 atom stereocenters. The molecule has 1 aromatic rings. The maximum atomic E-state index is 12.0. The molecule has 2 aliphatic carbocycles. The van der Waals surface area contributed by atoms with Gasteiger partial charge in [-0.05, 0) is 43.2 Å². The van der Waals surface area contributed by atoms with Crippen molar-refractivity contribution < 1.29 is 9.90 Å². The summed E-state index contributed by atoms with van der Waals surface area (Å²) in [5, 5.41) is 15.3. The van der Waals surface area contributed by atoms with Gasteiger partial charge in [0.05, 0.1) is 11.9 Å². The summed E-state index contributed by atoms with van der Waals surface area (Å²) < 4.78 is 0. The zero-order valence-corrected chi connectivity index (χ0v) is 10.7. The van der Waals surface area contributed by atoms with Gasteiger partial charge in [-0.3, -0.25) is 4.98 Å². The zero-order chi connectivity index (χ0) is 13.2. The molecular formula is C14H19N3O2. The first kappa shape index (κ1) is 12.4. The van der Waals surface area contributed by atoms with Crippen molar-refractivity contribution >= 4 is 11.7 Å². The van der Waals surface area contributed by atoms with Gasteiger partial charge in [0.15, 0.2) is 0 Å². The normalized spacial score (nSPS) is 32.3. The van der Waals surface area contributed by atoms with Crippen molar-refractivity contribution in [3.8, 4) is 0 Å². The second-order valence-corrected chi connectivity index (χ2v) is 5.55. The molecular weight excluding hydrogens is 242 g/mol. The molecule has 0 radical (unpaired) electrons. The molecule has 0 aromatic carbocycles. The fourth-order valence-corrected chi connectivity index (χ4v) is 3.65. The minimum absolute atomic E-state index is 0.112. The first-order valence-corrected chi connectivity index (χ1v) is 6.86. The Balaban J connectivity index is 1.60. The van der Waals surface area contributed by atoms with E-state index in [1.165, 1.54) is 12.8 Å². The summed E-state index contributed by atoms with van der Waals surface area (Å²) >= 11 is 0. The number of fused-ring (bicyclic) bond motifs is 2. The number of anilines is 1. The lowest BCUT2D eigenvalue weighted by molar-refractivity contribution is 0.146. The maximum Gasteiger partial charge on any atom is 0.319 e. The number of hydrogen-bond donors (Lipinski definition) is 3. The van der Waals surface area contributed by atoms with Crippen molar-refractivity contribution in [2.75, 3.05) is 11.9 Å². The van der Waals surface area contributed by atoms with Gasteiger partial charge >= 0.3 is 6.03 Å². The summed E-state index contributed by atoms with van der Waals surface area (Å²) in [6.45, 7) is 0.166. The number of aliphatic hydroxyl groups is 1. The van der Waals surface area contributed by atoms with E-state index in [2.05, 4.69) is 15.6 Å². The molecule has 5 nitrogen and oxygen atoms in total. The molecule has 0 unspecified atom stereocenters. The number of hydrogen-bond acceptors (Lipinski definition) is 3. The van der Waals surface area contributed by atoms with E-state index >= 15 is 0 Å². The van der Waals surface area contributed by atoms with Crippen molar-refractivity contribution in [2.45, 2.75) is 25.3 Å². The van der Waals surface area contributed by atoms with Crippen LogP contribution in [0.15, 0.2) is 24.5 Å². The number of carbonyl (C=O) groups is 1. The molecule has 1 aromatic heterocycles. The van der Waals surface area contributed by atoms with Crippen LogP contribution in [-0.2, 0) is 0 Å². The van der Waals surface area contributed by atoms with Gasteiger partial charge in [0.1, 0.15) is 0 Å². The highest BCUT2D eigenvalue weighted by Crippen LogP contribution is 2.48. The number of carbonyl (C=O) groups excluding carboxylic acids is 1. The van der Waals surface area contributed by atoms with E-state index < -0.39 is 0 Å². The highest BCUT2D eigenvalue weighted by molar-refractivity contribution is 5.89. The van der Waals surface area contributed by atoms with Gasteiger partial charge in [0.2, 0.25) is 0 Å². The number of nitrogens with one attached hydrogen (secondary N) is 2. The van der Waals surface area contributed by atoms with Crippen molar-refractivity contribution in [3.63, 3.8) is 0 Å². The smallest absolute Gasteiger partial charge is 0.319 e. The molecule has 0 aliphatic heterocycles. The fraction of sp³-hybridized carbons (Fsp3) is 0.571. The number of nitrogens with zero attached hydrogens (tertiary/aromatic N) is 1. The van der Waals surface area contributed by atoms with Crippen LogP contribution in [0.25, 0.3) is 0 Å². The molecule has 2 bridgehead atoms. The Morgan fingerprint density at radius 3 is 3.00 bits per heavy atom. The Hall–Kier alpha value is -1.62. The van der Waals surface area contributed by atoms with Crippen LogP contribution < -0.4 is 10.6 Å². The molecule has 0 spiro atoms. The number of aliphatic hydroxyl groups excluding tert-OH is 1. The predicted molar refractivity (Wildman–Crippen MR) is 71.6 cm³/mol. The maximum absolute atomic E-state index is 12.0. The minimum Gasteiger partial charge on any atom is -0.396 e. The molecule has 2 fully saturated rings. The number of aromatic nitrogens is 1. The average Bonchev–Trinajstić information content (AvgIpc) is 3.00. The summed E-state index contributed by atoms with van der Waals surface area (Å²) in [7, 11) is 0. The molecule has 5 heteroatoms. The topological polar surface area (TPSA) is 74.2 Å². The highest BCUT2D eigenvalue weighted by Gasteiger charge is 2.47. The van der Waals surface area contributed by atoms with Crippen LogP contribution in [0.5, 0.6) is 0 Å². The van der Waals surface area contributed by atoms with Crippen LogP contribution in [0.1, 0.15) is 19.3 Å². The van der Waals surface area contributed by atoms with Crippen molar-refractivity contribution in [1.29, 1.82) is 0 Å². The molecule has 3 N–H and O–H groups in total. The molecule has 2 amide bonds. The van der Waals surface area contributed by atoms with Crippen LogP contribution in [0, 0.1) is 17.8 Å². The lowest BCUT2D eigenvalue weighted by Crippen LogP contribution is -2.46. The van der Waals surface area contributed by atoms with E-state index in [1.54, 1.807) is 24.5 Å². The first-order chi connectivity index (χ1) is 9.28. The van der Waals surface area contributed by atoms with Crippen molar-refractivity contribution in [1.82, 2.24) is 10.3 Å². The Morgan fingerprint density at radius 2 is 2.26 bits per heavy atom. The Morgan fingerprint density at radius 1 is 1.42 bits per heavy atom. The van der Waals surface area contributed by atoms with E-state index in [-0.39, 0.29) is 24.6 Å². The van der Waals surface area contributed by atoms with E-state index in [1.807, 2.05) is 0 Å². The minimum atomic E-state index is -0.205. The SMILES string of the molecule is O=C(Nc1cccnc1)N[C@H]1[C@H]2CC[C@@H](C2)[C@@H]1CO. The van der Waals surface area contributed by atoms with E-state index in [4.69, 9.17) is 0 Å². The lowest BCUT2D eigenvalue weighted by Gasteiger charge is -2.30. The van der Waals surface area contributed by atoms with Gasteiger partial charge in [-0.1, -0.05) is 0 Å². The van der Waals surface area contributed by atoms with E-state index in [9.17, 15) is 9.90 Å². The number of amides is 2. The van der Waals surface area contributed by atoms with Gasteiger partial charge in [0, 0.05) is 24.8 Å². The summed E-state index contributed by atoms with van der Waals surface area (Å²) in [5.41, 5.74) is 0.684. The summed E-state index contributed by atoms with van der Waals surface area (Å²) in [5.74, 6) is 1.33. The first-order valence-electron chi connectivity index (χ1n) is 6.86. The van der Waals surface area contributed by atoms with Crippen LogP contribution >= 0.6 is 0 Å². The second-order valence-electron chi connectivity index (χ2n) is 5.55. The molecule has 2 saturated carbocycles. The van der Waals surface area contributed by atoms with E-state index in [0.717, 1.165) is 6.42 Å². The monoisotopic (exact) mass is 261 g/mol. The third-order valence-corrected chi connectivity index (χ3v) is 4.52. The summed E-state index contributed by atoms with van der Waals surface area (Å²) in [4.78, 5) is 15.9. The lowest BCUT2D eigenvalue weighted by atomic mass is 9.85. The molecule has 3 rings (SSSR count). The summed E-state index contributed by atoms with van der Waals surface area (Å²) in [6.07, 6.45) is 6.78. The fourth-order valence-electron chi connectivity index (χ4n) is 3.65. The molecule has 19 heavy (non-hydrogen) atoms. The summed E-state index contributed by atoms with van der Waals surface area (Å²) in [6, 6.07) is 3.49. The van der Waals surface area contributed by atoms with Crippen molar-refractivity contribution in [3.05, 3.63) is 24.5 Å². The third kappa shape index (κ3) is 2.42. The average molecular weight is 261 g/mol. The third-order valence-electron chi connectivity index (χ3n) is 4.52. The Bertz CT molecular complexity index is 451. The number of rotatable bonds is 3. The second kappa shape index (κ2) is 5.17. The molecule has 2 aliphatic rings. The Kier molecular flexibility index (Phi) is 3.38. The van der Waals surface area contributed by atoms with Gasteiger partial charge < -0.3 is 15.7 Å². The van der Waals surface area contributed by atoms with Crippen LogP contribution in [0.2, 0.25) is 0 Å². The number of pyridine rings is 1. The van der Waals surface area contributed by atoms with Gasteiger partial charge in [-0.25, -0.2) is 4.79 Å². The predicted octanol–water partition coefficient (Wildman–Crippen LogP) is 1.61. The Labute approximate surface area is 112 Å². The largest absolute Gasteiger partial charge is 0.396 e. The van der Waals surface area contributed by atoms with Gasteiger partial charge in [-0.2, -0.15) is 0 Å². The molecule has 0 saturated heterocycles. The van der Waals surface area contributed by atoms with Gasteiger partial charge in [-0.15, -0.1) is 0 Å².